The fourth-order valence-electron chi connectivity index (χ4n) is 1.27. The first-order valence-corrected chi connectivity index (χ1v) is 7.90. The third-order valence-corrected chi connectivity index (χ3v) is 3.47. The topological polar surface area (TPSA) is 93.5 Å². The molecule has 0 heterocycles. The molecule has 0 aliphatic heterocycles. The van der Waals surface area contributed by atoms with Gasteiger partial charge in [-0.1, -0.05) is 0 Å². The minimum atomic E-state index is -4.63. The monoisotopic (exact) mass is 321 g/mol. The van der Waals surface area contributed by atoms with Gasteiger partial charge in [0.2, 0.25) is 0 Å². The van der Waals surface area contributed by atoms with Crippen LogP contribution in [0, 0.1) is 0 Å². The van der Waals surface area contributed by atoms with E-state index in [1.165, 1.54) is 0 Å². The predicted octanol–water partition coefficient (Wildman–Crippen LogP) is -0.187. The van der Waals surface area contributed by atoms with Crippen LogP contribution < -0.4 is 16.4 Å². The van der Waals surface area contributed by atoms with Crippen molar-refractivity contribution in [2.75, 3.05) is 45.1 Å². The van der Waals surface area contributed by atoms with Crippen molar-refractivity contribution in [3.8, 4) is 0 Å². The Kier molecular flexibility index (Phi) is 10.1. The summed E-state index contributed by atoms with van der Waals surface area (Å²) in [5.41, 5.74) is 5.28. The predicted molar refractivity (Wildman–Crippen MR) is 69.8 cm³/mol. The highest BCUT2D eigenvalue weighted by atomic mass is 32.2. The number of hydrogen-bond donors (Lipinski definition) is 3. The zero-order valence-corrected chi connectivity index (χ0v) is 12.0. The van der Waals surface area contributed by atoms with Gasteiger partial charge in [-0.05, 0) is 19.4 Å². The van der Waals surface area contributed by atoms with Gasteiger partial charge in [-0.25, -0.2) is 0 Å². The lowest BCUT2D eigenvalue weighted by molar-refractivity contribution is -0.152. The summed E-state index contributed by atoms with van der Waals surface area (Å²) in [7, 11) is -4.09. The largest absolute Gasteiger partial charge is 0.413 e. The molecule has 0 unspecified atom stereocenters. The summed E-state index contributed by atoms with van der Waals surface area (Å²) in [4.78, 5) is 0. The van der Waals surface area contributed by atoms with E-state index in [0.29, 0.717) is 19.5 Å². The molecule has 6 nitrogen and oxygen atoms in total. The fraction of sp³-hybridized carbons (Fsp3) is 1.00. The molecular weight excluding hydrogens is 299 g/mol. The van der Waals surface area contributed by atoms with Gasteiger partial charge in [-0.3, -0.25) is 4.18 Å². The van der Waals surface area contributed by atoms with E-state index in [0.717, 1.165) is 19.6 Å². The Morgan fingerprint density at radius 1 is 1.00 bits per heavy atom. The number of halogens is 3. The van der Waals surface area contributed by atoms with Gasteiger partial charge in [0.05, 0.1) is 5.75 Å². The summed E-state index contributed by atoms with van der Waals surface area (Å²) < 4.78 is 61.5. The number of hydrogen-bond acceptors (Lipinski definition) is 6. The number of nitrogens with one attached hydrogen (secondary N) is 2. The van der Waals surface area contributed by atoms with Crippen LogP contribution in [0.4, 0.5) is 13.2 Å². The Balaban J connectivity index is 3.49. The van der Waals surface area contributed by atoms with Gasteiger partial charge in [0.1, 0.15) is 0 Å². The van der Waals surface area contributed by atoms with Crippen LogP contribution in [0.1, 0.15) is 12.8 Å². The van der Waals surface area contributed by atoms with Crippen LogP contribution in [-0.4, -0.2) is 59.7 Å². The van der Waals surface area contributed by atoms with Gasteiger partial charge >= 0.3 is 6.18 Å². The van der Waals surface area contributed by atoms with E-state index in [1.54, 1.807) is 0 Å². The Hall–Kier alpha value is -0.420. The summed E-state index contributed by atoms with van der Waals surface area (Å²) in [5, 5.41) is 6.14. The van der Waals surface area contributed by atoms with E-state index in [1.807, 2.05) is 0 Å². The number of unbranched alkanes of at least 4 members (excludes halogenated alkanes) is 1. The third kappa shape index (κ3) is 14.0. The van der Waals surface area contributed by atoms with Crippen molar-refractivity contribution in [3.05, 3.63) is 0 Å². The Labute approximate surface area is 117 Å². The molecule has 0 amide bonds. The van der Waals surface area contributed by atoms with Crippen molar-refractivity contribution in [3.63, 3.8) is 0 Å². The first-order chi connectivity index (χ1) is 9.27. The van der Waals surface area contributed by atoms with Crippen LogP contribution in [-0.2, 0) is 14.3 Å². The second-order valence-electron chi connectivity index (χ2n) is 4.13. The van der Waals surface area contributed by atoms with Crippen LogP contribution in [0.5, 0.6) is 0 Å². The Bertz CT molecular complexity index is 336. The molecule has 0 aliphatic carbocycles. The minimum Gasteiger partial charge on any atom is -0.329 e. The van der Waals surface area contributed by atoms with Crippen LogP contribution in [0.25, 0.3) is 0 Å². The van der Waals surface area contributed by atoms with Crippen molar-refractivity contribution in [2.45, 2.75) is 19.0 Å². The Morgan fingerprint density at radius 3 is 2.15 bits per heavy atom. The van der Waals surface area contributed by atoms with E-state index in [4.69, 9.17) is 5.73 Å². The maximum Gasteiger partial charge on any atom is 0.413 e. The standard InChI is InChI=1S/C10H22F3N3O3S/c11-10(12,13)9-19-20(17,18)8-2-1-4-15-6-7-16-5-3-14/h15-16H,1-9,14H2. The number of alkyl halides is 3. The quantitative estimate of drug-likeness (QED) is 0.341. The number of rotatable bonds is 12. The van der Waals surface area contributed by atoms with Crippen LogP contribution in [0.2, 0.25) is 0 Å². The minimum absolute atomic E-state index is 0.253. The molecule has 0 aromatic rings. The average molecular weight is 321 g/mol. The lowest BCUT2D eigenvalue weighted by Gasteiger charge is -2.08. The lowest BCUT2D eigenvalue weighted by atomic mass is 10.3. The highest BCUT2D eigenvalue weighted by Crippen LogP contribution is 2.16. The molecule has 0 aliphatic rings. The summed E-state index contributed by atoms with van der Waals surface area (Å²) in [6.07, 6.45) is -3.83. The van der Waals surface area contributed by atoms with Gasteiger partial charge in [0.15, 0.2) is 6.61 Å². The number of nitrogens with two attached hydrogens (primary N) is 1. The first kappa shape index (κ1) is 19.6. The molecule has 0 fully saturated rings. The SMILES string of the molecule is NCCNCCNCCCCS(=O)(=O)OCC(F)(F)F. The lowest BCUT2D eigenvalue weighted by Crippen LogP contribution is -2.31. The van der Waals surface area contributed by atoms with E-state index < -0.39 is 28.7 Å². The Morgan fingerprint density at radius 2 is 1.60 bits per heavy atom. The van der Waals surface area contributed by atoms with Crippen molar-refractivity contribution >= 4 is 10.1 Å². The highest BCUT2D eigenvalue weighted by molar-refractivity contribution is 7.86. The van der Waals surface area contributed by atoms with E-state index in [9.17, 15) is 21.6 Å². The van der Waals surface area contributed by atoms with Crippen molar-refractivity contribution < 1.29 is 25.8 Å². The molecule has 0 bridgehead atoms. The van der Waals surface area contributed by atoms with Crippen molar-refractivity contribution in [2.24, 2.45) is 5.73 Å². The molecule has 10 heteroatoms. The van der Waals surface area contributed by atoms with Crippen LogP contribution in [0.3, 0.4) is 0 Å². The molecule has 0 saturated heterocycles. The first-order valence-electron chi connectivity index (χ1n) is 6.32. The van der Waals surface area contributed by atoms with Gasteiger partial charge in [-0.15, -0.1) is 0 Å². The molecule has 0 atom stereocenters. The highest BCUT2D eigenvalue weighted by Gasteiger charge is 2.30. The maximum atomic E-state index is 11.8. The molecule has 0 saturated carbocycles. The molecule has 0 spiro atoms. The molecular formula is C10H22F3N3O3S. The van der Waals surface area contributed by atoms with Gasteiger partial charge in [-0.2, -0.15) is 21.6 Å². The second-order valence-corrected chi connectivity index (χ2v) is 5.89. The van der Waals surface area contributed by atoms with Crippen molar-refractivity contribution in [1.29, 1.82) is 0 Å². The van der Waals surface area contributed by atoms with Crippen LogP contribution in [0.15, 0.2) is 0 Å². The van der Waals surface area contributed by atoms with Crippen LogP contribution >= 0.6 is 0 Å². The van der Waals surface area contributed by atoms with Gasteiger partial charge in [0, 0.05) is 26.2 Å². The molecule has 4 N–H and O–H groups in total. The zero-order chi connectivity index (χ0) is 15.5. The molecule has 0 aromatic carbocycles. The summed E-state index contributed by atoms with van der Waals surface area (Å²) in [6.45, 7) is 1.60. The summed E-state index contributed by atoms with van der Waals surface area (Å²) >= 11 is 0. The summed E-state index contributed by atoms with van der Waals surface area (Å²) in [5.74, 6) is -0.407. The molecule has 20 heavy (non-hydrogen) atoms. The van der Waals surface area contributed by atoms with E-state index in [-0.39, 0.29) is 6.42 Å². The normalized spacial score (nSPS) is 12.8. The van der Waals surface area contributed by atoms with Gasteiger partial charge < -0.3 is 16.4 Å². The summed E-state index contributed by atoms with van der Waals surface area (Å²) in [6, 6.07) is 0. The van der Waals surface area contributed by atoms with Crippen molar-refractivity contribution in [1.82, 2.24) is 10.6 Å². The second kappa shape index (κ2) is 10.3. The molecule has 0 radical (unpaired) electrons. The van der Waals surface area contributed by atoms with Gasteiger partial charge in [0.25, 0.3) is 10.1 Å². The van der Waals surface area contributed by atoms with E-state index in [2.05, 4.69) is 14.8 Å². The van der Waals surface area contributed by atoms with E-state index >= 15 is 0 Å². The molecule has 0 aromatic heterocycles. The zero-order valence-electron chi connectivity index (χ0n) is 11.2. The molecule has 122 valence electrons. The fourth-order valence-corrected chi connectivity index (χ4v) is 2.26. The maximum absolute atomic E-state index is 11.8. The average Bonchev–Trinajstić information content (AvgIpc) is 2.34. The third-order valence-electron chi connectivity index (χ3n) is 2.20. The smallest absolute Gasteiger partial charge is 0.329 e. The molecule has 0 rings (SSSR count).